The predicted octanol–water partition coefficient (Wildman–Crippen LogP) is 4.36. The van der Waals surface area contributed by atoms with E-state index in [4.69, 9.17) is 14.5 Å². The Morgan fingerprint density at radius 3 is 2.55 bits per heavy atom. The molecule has 0 aromatic carbocycles. The molecule has 1 aromatic rings. The van der Waals surface area contributed by atoms with Crippen molar-refractivity contribution in [1.82, 2.24) is 24.7 Å². The Balaban J connectivity index is 1.49. The molecule has 224 valence electrons. The van der Waals surface area contributed by atoms with Crippen molar-refractivity contribution in [3.63, 3.8) is 0 Å². The number of carbonyl (C=O) groups excluding carboxylic acids is 3. The van der Waals surface area contributed by atoms with Crippen LogP contribution in [0.1, 0.15) is 103 Å². The van der Waals surface area contributed by atoms with E-state index >= 15 is 0 Å². The van der Waals surface area contributed by atoms with Gasteiger partial charge in [0.1, 0.15) is 11.4 Å². The van der Waals surface area contributed by atoms with Crippen molar-refractivity contribution in [2.75, 3.05) is 33.4 Å². The molecule has 1 aromatic heterocycles. The van der Waals surface area contributed by atoms with Gasteiger partial charge < -0.3 is 33.9 Å². The Morgan fingerprint density at radius 2 is 1.90 bits per heavy atom. The van der Waals surface area contributed by atoms with E-state index in [9.17, 15) is 14.4 Å². The molecule has 4 rings (SSSR count). The maximum Gasteiger partial charge on any atom is 0.410 e. The highest BCUT2D eigenvalue weighted by Gasteiger charge is 2.42. The first-order valence-corrected chi connectivity index (χ1v) is 14.9. The third kappa shape index (κ3) is 7.89. The molecule has 2 atom stereocenters. The molecule has 0 radical (unpaired) electrons. The largest absolute Gasteiger partial charge is 0.453 e. The van der Waals surface area contributed by atoms with Crippen LogP contribution in [-0.2, 0) is 25.5 Å². The van der Waals surface area contributed by atoms with E-state index in [-0.39, 0.29) is 24.5 Å². The van der Waals surface area contributed by atoms with Crippen LogP contribution in [0.15, 0.2) is 6.20 Å². The van der Waals surface area contributed by atoms with Gasteiger partial charge >= 0.3 is 12.2 Å². The molecule has 1 aliphatic heterocycles. The summed E-state index contributed by atoms with van der Waals surface area (Å²) in [5.41, 5.74) is 0.273. The number of nitrogens with zero attached hydrogens (tertiary/aromatic N) is 4. The monoisotopic (exact) mass is 561 g/mol. The number of nitrogens with one attached hydrogen (secondary N) is 1. The van der Waals surface area contributed by atoms with E-state index in [0.29, 0.717) is 25.6 Å². The molecule has 40 heavy (non-hydrogen) atoms. The smallest absolute Gasteiger partial charge is 0.410 e. The fourth-order valence-corrected chi connectivity index (χ4v) is 5.67. The highest BCUT2D eigenvalue weighted by atomic mass is 16.6. The first-order chi connectivity index (χ1) is 19.1. The molecular weight excluding hydrogens is 514 g/mol. The quantitative estimate of drug-likeness (QED) is 0.445. The van der Waals surface area contributed by atoms with Gasteiger partial charge in [0, 0.05) is 37.8 Å². The Bertz CT molecular complexity index is 1030. The molecule has 0 unspecified atom stereocenters. The van der Waals surface area contributed by atoms with Crippen LogP contribution in [0.5, 0.6) is 0 Å². The van der Waals surface area contributed by atoms with Gasteiger partial charge in [0.25, 0.3) is 5.91 Å². The van der Waals surface area contributed by atoms with Crippen molar-refractivity contribution >= 4 is 18.1 Å². The number of methoxy groups -OCH3 is 1. The predicted molar refractivity (Wildman–Crippen MR) is 149 cm³/mol. The molecule has 0 spiro atoms. The lowest BCUT2D eigenvalue weighted by molar-refractivity contribution is -0.152. The van der Waals surface area contributed by atoms with E-state index in [2.05, 4.69) is 20.8 Å². The number of carbonyl (C=O) groups is 3. The van der Waals surface area contributed by atoms with Gasteiger partial charge in [-0.3, -0.25) is 4.79 Å². The summed E-state index contributed by atoms with van der Waals surface area (Å²) in [5.74, 6) is 1.38. The Morgan fingerprint density at radius 1 is 1.18 bits per heavy atom. The Hall–Kier alpha value is -2.82. The summed E-state index contributed by atoms with van der Waals surface area (Å²) in [6.07, 6.45) is 9.06. The first-order valence-electron chi connectivity index (χ1n) is 14.9. The second kappa shape index (κ2) is 13.2. The summed E-state index contributed by atoms with van der Waals surface area (Å²) in [4.78, 5) is 46.7. The van der Waals surface area contributed by atoms with Gasteiger partial charge in [0.05, 0.1) is 32.0 Å². The number of hydrogen-bond acceptors (Lipinski definition) is 7. The second-order valence-corrected chi connectivity index (χ2v) is 12.3. The number of hydrogen-bond donors (Lipinski definition) is 1. The summed E-state index contributed by atoms with van der Waals surface area (Å²) >= 11 is 0. The Kier molecular flexibility index (Phi) is 9.97. The van der Waals surface area contributed by atoms with E-state index in [1.165, 1.54) is 26.4 Å². The molecule has 2 heterocycles. The van der Waals surface area contributed by atoms with Crippen LogP contribution in [0.3, 0.4) is 0 Å². The lowest BCUT2D eigenvalue weighted by Crippen LogP contribution is -2.54. The number of amides is 3. The van der Waals surface area contributed by atoms with E-state index in [1.807, 2.05) is 32.6 Å². The number of ether oxygens (including phenoxy) is 3. The molecule has 1 saturated heterocycles. The second-order valence-electron chi connectivity index (χ2n) is 12.3. The summed E-state index contributed by atoms with van der Waals surface area (Å²) in [6, 6.07) is -0.0761. The number of alkyl carbamates (subject to hydrolysis) is 1. The zero-order valence-electron chi connectivity index (χ0n) is 24.8. The lowest BCUT2D eigenvalue weighted by atomic mass is 9.88. The summed E-state index contributed by atoms with van der Waals surface area (Å²) in [7, 11) is 1.36. The molecule has 1 N–H and O–H groups in total. The average molecular weight is 562 g/mol. The molecule has 0 bridgehead atoms. The van der Waals surface area contributed by atoms with Crippen LogP contribution in [-0.4, -0.2) is 88.5 Å². The Labute approximate surface area is 237 Å². The standard InChI is InChI=1S/C29H47N5O6/c1-20(23-18-32(15-9-14-30-27(36)38-5)25(31-23)21-10-7-6-8-11-21)34(22-12-13-22)26(35)24-19-33(16-17-39-24)28(37)40-29(2,3)4/h18,20-22,24H,6-17,19H2,1-5H3,(H,30,36)/t20-,24-/m1/s1. The minimum absolute atomic E-state index is 0.0979. The summed E-state index contributed by atoms with van der Waals surface area (Å²) in [6.45, 7) is 9.66. The lowest BCUT2D eigenvalue weighted by Gasteiger charge is -2.37. The van der Waals surface area contributed by atoms with Crippen molar-refractivity contribution in [3.8, 4) is 0 Å². The molecule has 3 fully saturated rings. The molecule has 3 aliphatic rings. The molecule has 2 saturated carbocycles. The van der Waals surface area contributed by atoms with Crippen molar-refractivity contribution in [3.05, 3.63) is 17.7 Å². The molecular formula is C29H47N5O6. The fourth-order valence-electron chi connectivity index (χ4n) is 5.67. The first kappa shape index (κ1) is 30.1. The molecule has 2 aliphatic carbocycles. The average Bonchev–Trinajstić information content (AvgIpc) is 3.68. The summed E-state index contributed by atoms with van der Waals surface area (Å²) < 4.78 is 18.3. The van der Waals surface area contributed by atoms with Gasteiger partial charge in [0.15, 0.2) is 6.10 Å². The van der Waals surface area contributed by atoms with E-state index < -0.39 is 23.9 Å². The molecule has 11 nitrogen and oxygen atoms in total. The van der Waals surface area contributed by atoms with Gasteiger partial charge in [-0.2, -0.15) is 0 Å². The maximum absolute atomic E-state index is 13.9. The number of aryl methyl sites for hydroxylation is 1. The van der Waals surface area contributed by atoms with Crippen LogP contribution in [0.4, 0.5) is 9.59 Å². The zero-order valence-corrected chi connectivity index (χ0v) is 24.8. The van der Waals surface area contributed by atoms with Crippen molar-refractivity contribution in [2.45, 2.75) is 115 Å². The van der Waals surface area contributed by atoms with Gasteiger partial charge in [-0.25, -0.2) is 14.6 Å². The number of rotatable bonds is 9. The highest BCUT2D eigenvalue weighted by Crippen LogP contribution is 2.37. The normalized spacial score (nSPS) is 21.0. The topological polar surface area (TPSA) is 115 Å². The molecule has 11 heteroatoms. The number of morpholine rings is 1. The minimum Gasteiger partial charge on any atom is -0.453 e. The molecule has 3 amide bonds. The maximum atomic E-state index is 13.9. The van der Waals surface area contributed by atoms with Crippen LogP contribution in [0.2, 0.25) is 0 Å². The van der Waals surface area contributed by atoms with Crippen molar-refractivity contribution < 1.29 is 28.6 Å². The van der Waals surface area contributed by atoms with E-state index in [0.717, 1.165) is 50.2 Å². The van der Waals surface area contributed by atoms with Crippen molar-refractivity contribution in [1.29, 1.82) is 0 Å². The third-order valence-corrected chi connectivity index (χ3v) is 7.86. The van der Waals surface area contributed by atoms with Crippen LogP contribution < -0.4 is 5.32 Å². The van der Waals surface area contributed by atoms with Crippen LogP contribution in [0.25, 0.3) is 0 Å². The zero-order chi connectivity index (χ0) is 28.9. The third-order valence-electron chi connectivity index (χ3n) is 7.86. The van der Waals surface area contributed by atoms with Crippen LogP contribution in [0, 0.1) is 0 Å². The van der Waals surface area contributed by atoms with Gasteiger partial charge in [-0.15, -0.1) is 0 Å². The van der Waals surface area contributed by atoms with Gasteiger partial charge in [0.2, 0.25) is 0 Å². The number of aromatic nitrogens is 2. The van der Waals surface area contributed by atoms with Crippen LogP contribution >= 0.6 is 0 Å². The van der Waals surface area contributed by atoms with E-state index in [1.54, 1.807) is 4.90 Å². The number of imidazole rings is 1. The SMILES string of the molecule is COC(=O)NCCCn1cc([C@@H](C)N(C(=O)[C@H]2CN(C(=O)OC(C)(C)C)CCO2)C2CC2)nc1C1CCCCC1. The van der Waals surface area contributed by atoms with Crippen molar-refractivity contribution in [2.24, 2.45) is 0 Å². The van der Waals surface area contributed by atoms with Gasteiger partial charge in [-0.05, 0) is 59.8 Å². The van der Waals surface area contributed by atoms with Gasteiger partial charge in [-0.1, -0.05) is 19.3 Å². The summed E-state index contributed by atoms with van der Waals surface area (Å²) in [5, 5.41) is 2.75. The minimum atomic E-state index is -0.728. The fraction of sp³-hybridized carbons (Fsp3) is 0.793. The highest BCUT2D eigenvalue weighted by molar-refractivity contribution is 5.83.